The van der Waals surface area contributed by atoms with E-state index >= 15 is 0 Å². The third kappa shape index (κ3) is 3.42. The summed E-state index contributed by atoms with van der Waals surface area (Å²) in [6, 6.07) is 11.5. The molecule has 1 aromatic carbocycles. The first-order valence-corrected chi connectivity index (χ1v) is 10.9. The highest BCUT2D eigenvalue weighted by molar-refractivity contribution is 7.92. The van der Waals surface area contributed by atoms with E-state index in [4.69, 9.17) is 10.9 Å². The van der Waals surface area contributed by atoms with E-state index in [2.05, 4.69) is 0 Å². The normalized spacial score (nSPS) is 22.1. The summed E-state index contributed by atoms with van der Waals surface area (Å²) in [4.78, 5) is 13.4. The molecular formula is C18H22N2O4S2. The van der Waals surface area contributed by atoms with E-state index in [0.717, 1.165) is 22.4 Å². The van der Waals surface area contributed by atoms with Crippen molar-refractivity contribution in [1.82, 2.24) is 5.48 Å². The van der Waals surface area contributed by atoms with Crippen molar-refractivity contribution in [3.8, 4) is 10.4 Å². The molecule has 6 nitrogen and oxygen atoms in total. The summed E-state index contributed by atoms with van der Waals surface area (Å²) in [6.45, 7) is 0.432. The van der Waals surface area contributed by atoms with Gasteiger partial charge in [0.2, 0.25) is 5.91 Å². The molecule has 1 aliphatic heterocycles. The van der Waals surface area contributed by atoms with Gasteiger partial charge in [-0.3, -0.25) is 10.0 Å². The first-order valence-electron chi connectivity index (χ1n) is 8.47. The van der Waals surface area contributed by atoms with Crippen LogP contribution in [0.2, 0.25) is 0 Å². The molecule has 4 N–H and O–H groups in total. The summed E-state index contributed by atoms with van der Waals surface area (Å²) in [5.74, 6) is -0.628. The number of nitrogens with one attached hydrogen (secondary N) is 1. The molecule has 0 saturated carbocycles. The van der Waals surface area contributed by atoms with Crippen LogP contribution in [0, 0.1) is 0 Å². The lowest BCUT2D eigenvalue weighted by Crippen LogP contribution is -2.43. The molecule has 1 aliphatic rings. The number of carbonyl (C=O) groups excluding carboxylic acids is 1. The van der Waals surface area contributed by atoms with Gasteiger partial charge in [0.25, 0.3) is 0 Å². The van der Waals surface area contributed by atoms with Gasteiger partial charge >= 0.3 is 0 Å². The van der Waals surface area contributed by atoms with Crippen LogP contribution < -0.4 is 11.2 Å². The van der Waals surface area contributed by atoms with Crippen molar-refractivity contribution in [2.45, 2.75) is 37.0 Å². The van der Waals surface area contributed by atoms with Gasteiger partial charge in [0.1, 0.15) is 4.75 Å². The fourth-order valence-corrected chi connectivity index (χ4v) is 7.28. The number of sulfone groups is 1. The standard InChI is InChI=1S/C18H22N2O4S2/c19-12-13-4-3-5-14(10-13)15-6-7-16(25-15)18(11-17(21)20-22)8-1-2-9-26(18,23)24/h3-7,10,22H,1-2,8-9,11-12,19H2,(H,20,21)/t18-/m0/s1. The average Bonchev–Trinajstić information content (AvgIpc) is 3.14. The van der Waals surface area contributed by atoms with Crippen molar-refractivity contribution in [3.63, 3.8) is 0 Å². The van der Waals surface area contributed by atoms with E-state index in [-0.39, 0.29) is 12.2 Å². The monoisotopic (exact) mass is 394 g/mol. The predicted octanol–water partition coefficient (Wildman–Crippen LogP) is 2.56. The molecule has 140 valence electrons. The molecule has 1 saturated heterocycles. The molecule has 2 heterocycles. The summed E-state index contributed by atoms with van der Waals surface area (Å²) in [6.07, 6.45) is 1.44. The molecule has 1 aromatic heterocycles. The molecule has 8 heteroatoms. The summed E-state index contributed by atoms with van der Waals surface area (Å²) in [5, 5.41) is 8.94. The average molecular weight is 395 g/mol. The number of rotatable bonds is 5. The van der Waals surface area contributed by atoms with E-state index in [1.807, 2.05) is 30.3 Å². The second-order valence-electron chi connectivity index (χ2n) is 6.55. The lowest BCUT2D eigenvalue weighted by Gasteiger charge is -2.35. The zero-order valence-electron chi connectivity index (χ0n) is 14.3. The zero-order chi connectivity index (χ0) is 18.8. The highest BCUT2D eigenvalue weighted by Gasteiger charge is 2.49. The van der Waals surface area contributed by atoms with E-state index in [0.29, 0.717) is 24.3 Å². The van der Waals surface area contributed by atoms with Gasteiger partial charge in [0, 0.05) is 16.3 Å². The van der Waals surface area contributed by atoms with Crippen LogP contribution >= 0.6 is 11.3 Å². The number of hydroxylamine groups is 1. The van der Waals surface area contributed by atoms with Gasteiger partial charge in [-0.1, -0.05) is 24.6 Å². The molecule has 26 heavy (non-hydrogen) atoms. The Balaban J connectivity index is 2.06. The molecule has 1 atom stereocenters. The molecule has 0 spiro atoms. The first kappa shape index (κ1) is 19.0. The highest BCUT2D eigenvalue weighted by Crippen LogP contribution is 2.47. The topological polar surface area (TPSA) is 109 Å². The van der Waals surface area contributed by atoms with Gasteiger partial charge < -0.3 is 5.73 Å². The molecular weight excluding hydrogens is 372 g/mol. The number of amides is 1. The SMILES string of the molecule is NCc1cccc(-c2ccc([C@@]3(CC(=O)NO)CCCCS3(=O)=O)s2)c1. The maximum Gasteiger partial charge on any atom is 0.245 e. The zero-order valence-corrected chi connectivity index (χ0v) is 15.9. The van der Waals surface area contributed by atoms with Gasteiger partial charge in [0.15, 0.2) is 9.84 Å². The van der Waals surface area contributed by atoms with Crippen molar-refractivity contribution in [2.75, 3.05) is 5.75 Å². The summed E-state index contributed by atoms with van der Waals surface area (Å²) in [7, 11) is -3.51. The van der Waals surface area contributed by atoms with E-state index in [1.54, 1.807) is 11.5 Å². The van der Waals surface area contributed by atoms with Crippen molar-refractivity contribution in [3.05, 3.63) is 46.8 Å². The van der Waals surface area contributed by atoms with Crippen LogP contribution in [0.1, 0.15) is 36.1 Å². The Bertz CT molecular complexity index is 907. The van der Waals surface area contributed by atoms with Crippen molar-refractivity contribution < 1.29 is 18.4 Å². The van der Waals surface area contributed by atoms with Gasteiger partial charge in [-0.25, -0.2) is 13.9 Å². The second-order valence-corrected chi connectivity index (χ2v) is 10.1. The number of hydrogen-bond donors (Lipinski definition) is 3. The third-order valence-corrected chi connectivity index (χ3v) is 8.96. The number of carbonyl (C=O) groups is 1. The lowest BCUT2D eigenvalue weighted by atomic mass is 9.94. The minimum Gasteiger partial charge on any atom is -0.326 e. The molecule has 3 rings (SSSR count). The largest absolute Gasteiger partial charge is 0.326 e. The summed E-state index contributed by atoms with van der Waals surface area (Å²) >= 11 is 1.38. The number of nitrogens with two attached hydrogens (primary N) is 1. The number of thiophene rings is 1. The van der Waals surface area contributed by atoms with Crippen molar-refractivity contribution in [1.29, 1.82) is 0 Å². The van der Waals surface area contributed by atoms with E-state index in [9.17, 15) is 13.2 Å². The fraction of sp³-hybridized carbons (Fsp3) is 0.389. The molecule has 2 aromatic rings. The molecule has 0 bridgehead atoms. The first-order chi connectivity index (χ1) is 12.4. The van der Waals surface area contributed by atoms with Crippen LogP contribution in [0.25, 0.3) is 10.4 Å². The molecule has 1 fully saturated rings. The van der Waals surface area contributed by atoms with Crippen LogP contribution in [-0.4, -0.2) is 25.3 Å². The maximum atomic E-state index is 12.9. The number of hydrogen-bond acceptors (Lipinski definition) is 6. The maximum absolute atomic E-state index is 12.9. The molecule has 0 aliphatic carbocycles. The minimum absolute atomic E-state index is 0.0571. The summed E-state index contributed by atoms with van der Waals surface area (Å²) < 4.78 is 24.6. The Labute approximate surface area is 156 Å². The van der Waals surface area contributed by atoms with Crippen molar-refractivity contribution >= 4 is 27.1 Å². The van der Waals surface area contributed by atoms with Gasteiger partial charge in [-0.05, 0) is 42.2 Å². The number of benzene rings is 1. The Kier molecular flexibility index (Phi) is 5.47. The third-order valence-electron chi connectivity index (χ3n) is 4.91. The highest BCUT2D eigenvalue weighted by atomic mass is 32.2. The predicted molar refractivity (Wildman–Crippen MR) is 102 cm³/mol. The second kappa shape index (κ2) is 7.48. The minimum atomic E-state index is -3.51. The lowest BCUT2D eigenvalue weighted by molar-refractivity contribution is -0.130. The summed E-state index contributed by atoms with van der Waals surface area (Å²) in [5.41, 5.74) is 9.26. The Morgan fingerprint density at radius 2 is 2.08 bits per heavy atom. The molecule has 1 amide bonds. The van der Waals surface area contributed by atoms with Gasteiger partial charge in [0.05, 0.1) is 12.2 Å². The Morgan fingerprint density at radius 3 is 2.77 bits per heavy atom. The van der Waals surface area contributed by atoms with Crippen molar-refractivity contribution in [2.24, 2.45) is 5.73 Å². The van der Waals surface area contributed by atoms with Crippen LogP contribution in [0.4, 0.5) is 0 Å². The van der Waals surface area contributed by atoms with E-state index in [1.165, 1.54) is 11.3 Å². The quantitative estimate of drug-likeness (QED) is 0.533. The Morgan fingerprint density at radius 1 is 1.27 bits per heavy atom. The molecule has 0 radical (unpaired) electrons. The van der Waals surface area contributed by atoms with Gasteiger partial charge in [-0.15, -0.1) is 11.3 Å². The van der Waals surface area contributed by atoms with E-state index < -0.39 is 20.5 Å². The van der Waals surface area contributed by atoms with Crippen LogP contribution in [0.3, 0.4) is 0 Å². The fourth-order valence-electron chi connectivity index (χ4n) is 3.50. The van der Waals surface area contributed by atoms with Crippen LogP contribution in [-0.2, 0) is 25.9 Å². The van der Waals surface area contributed by atoms with Crippen LogP contribution in [0.5, 0.6) is 0 Å². The molecule has 0 unspecified atom stereocenters. The smallest absolute Gasteiger partial charge is 0.245 e. The van der Waals surface area contributed by atoms with Crippen LogP contribution in [0.15, 0.2) is 36.4 Å². The Hall–Kier alpha value is -1.74. The van der Waals surface area contributed by atoms with Gasteiger partial charge in [-0.2, -0.15) is 0 Å².